The number of ether oxygens (including phenoxy) is 1. The van der Waals surface area contributed by atoms with Crippen LogP contribution in [0.15, 0.2) is 12.1 Å². The summed E-state index contributed by atoms with van der Waals surface area (Å²) < 4.78 is 19.1. The quantitative estimate of drug-likeness (QED) is 0.814. The Morgan fingerprint density at radius 3 is 2.53 bits per heavy atom. The summed E-state index contributed by atoms with van der Waals surface area (Å²) in [7, 11) is 0. The molecule has 2 rings (SSSR count). The van der Waals surface area contributed by atoms with Gasteiger partial charge in [-0.15, -0.1) is 0 Å². The van der Waals surface area contributed by atoms with Gasteiger partial charge < -0.3 is 10.1 Å². The monoisotopic (exact) mass is 305 g/mol. The lowest BCUT2D eigenvalue weighted by atomic mass is 9.95. The molecule has 106 valence electrons. The molecule has 1 saturated heterocycles. The number of rotatable bonds is 3. The van der Waals surface area contributed by atoms with Crippen molar-refractivity contribution in [2.45, 2.75) is 38.8 Å². The summed E-state index contributed by atoms with van der Waals surface area (Å²) in [5, 5.41) is 3.45. The van der Waals surface area contributed by atoms with Crippen molar-refractivity contribution in [3.05, 3.63) is 28.0 Å². The highest BCUT2D eigenvalue weighted by Crippen LogP contribution is 2.29. The molecule has 0 saturated carbocycles. The zero-order valence-electron chi connectivity index (χ0n) is 11.1. The molecule has 1 aromatic rings. The first-order chi connectivity index (χ1) is 8.97. The largest absolute Gasteiger partial charge is 0.382 e. The van der Waals surface area contributed by atoms with Crippen molar-refractivity contribution in [1.29, 1.82) is 0 Å². The number of hydrogen-bond donors (Lipinski definition) is 1. The first kappa shape index (κ1) is 14.9. The molecule has 0 amide bonds. The fourth-order valence-electron chi connectivity index (χ4n) is 2.30. The third-order valence-corrected chi connectivity index (χ3v) is 3.96. The third kappa shape index (κ3) is 3.74. The van der Waals surface area contributed by atoms with Gasteiger partial charge in [-0.1, -0.05) is 37.0 Å². The second-order valence-electron chi connectivity index (χ2n) is 5.27. The molecule has 1 fully saturated rings. The fourth-order valence-corrected chi connectivity index (χ4v) is 2.79. The van der Waals surface area contributed by atoms with Gasteiger partial charge in [0.15, 0.2) is 5.82 Å². The van der Waals surface area contributed by atoms with Crippen LogP contribution in [0.4, 0.5) is 10.1 Å². The van der Waals surface area contributed by atoms with Crippen molar-refractivity contribution in [3.8, 4) is 0 Å². The van der Waals surface area contributed by atoms with Gasteiger partial charge in [-0.3, -0.25) is 0 Å². The van der Waals surface area contributed by atoms with Crippen molar-refractivity contribution < 1.29 is 9.13 Å². The van der Waals surface area contributed by atoms with Crippen LogP contribution in [0.2, 0.25) is 10.0 Å². The van der Waals surface area contributed by atoms with E-state index in [0.29, 0.717) is 12.0 Å². The average Bonchev–Trinajstić information content (AvgIpc) is 2.36. The maximum Gasteiger partial charge on any atom is 0.160 e. The van der Waals surface area contributed by atoms with Gasteiger partial charge in [-0.25, -0.2) is 4.39 Å². The Hall–Kier alpha value is -0.510. The zero-order valence-corrected chi connectivity index (χ0v) is 12.6. The summed E-state index contributed by atoms with van der Waals surface area (Å²) in [5.41, 5.74) is 0.755. The minimum absolute atomic E-state index is 0.0440. The van der Waals surface area contributed by atoms with Crippen LogP contribution in [0.5, 0.6) is 0 Å². The molecular formula is C14H18Cl2FNO. The van der Waals surface area contributed by atoms with E-state index in [1.165, 1.54) is 0 Å². The van der Waals surface area contributed by atoms with Crippen LogP contribution in [0.3, 0.4) is 0 Å². The van der Waals surface area contributed by atoms with Gasteiger partial charge in [0, 0.05) is 18.3 Å². The van der Waals surface area contributed by atoms with Gasteiger partial charge in [-0.05, 0) is 30.9 Å². The normalized spacial score (nSPS) is 23.7. The molecule has 0 aromatic heterocycles. The highest BCUT2D eigenvalue weighted by Gasteiger charge is 2.25. The highest BCUT2D eigenvalue weighted by atomic mass is 35.5. The van der Waals surface area contributed by atoms with Crippen LogP contribution < -0.4 is 5.32 Å². The molecule has 1 aliphatic rings. The number of halogens is 3. The van der Waals surface area contributed by atoms with E-state index in [-0.39, 0.29) is 16.1 Å². The van der Waals surface area contributed by atoms with E-state index in [4.69, 9.17) is 27.9 Å². The average molecular weight is 306 g/mol. The third-order valence-electron chi connectivity index (χ3n) is 3.41. The minimum Gasteiger partial charge on any atom is -0.382 e. The summed E-state index contributed by atoms with van der Waals surface area (Å²) in [6.45, 7) is 5.04. The van der Waals surface area contributed by atoms with Gasteiger partial charge in [0.2, 0.25) is 0 Å². The molecule has 0 spiro atoms. The van der Waals surface area contributed by atoms with Crippen molar-refractivity contribution in [2.24, 2.45) is 5.92 Å². The van der Waals surface area contributed by atoms with Gasteiger partial charge >= 0.3 is 0 Å². The first-order valence-electron chi connectivity index (χ1n) is 6.50. The predicted molar refractivity (Wildman–Crippen MR) is 77.6 cm³/mol. The number of anilines is 1. The molecule has 0 bridgehead atoms. The van der Waals surface area contributed by atoms with E-state index in [9.17, 15) is 4.39 Å². The Bertz CT molecular complexity index is 430. The lowest BCUT2D eigenvalue weighted by Crippen LogP contribution is -2.36. The molecule has 1 heterocycles. The summed E-state index contributed by atoms with van der Waals surface area (Å²) in [6.07, 6.45) is 2.12. The fraction of sp³-hybridized carbons (Fsp3) is 0.571. The van der Waals surface area contributed by atoms with Crippen molar-refractivity contribution in [3.63, 3.8) is 0 Å². The van der Waals surface area contributed by atoms with Gasteiger partial charge in [0.1, 0.15) is 0 Å². The Morgan fingerprint density at radius 2 is 1.95 bits per heavy atom. The zero-order chi connectivity index (χ0) is 14.0. The summed E-state index contributed by atoms with van der Waals surface area (Å²) >= 11 is 11.6. The molecule has 1 aromatic carbocycles. The topological polar surface area (TPSA) is 21.3 Å². The molecule has 2 nitrogen and oxygen atoms in total. The predicted octanol–water partition coefficient (Wildman–Crippen LogP) is 4.75. The smallest absolute Gasteiger partial charge is 0.160 e. The van der Waals surface area contributed by atoms with Crippen LogP contribution in [0, 0.1) is 11.7 Å². The highest BCUT2D eigenvalue weighted by molar-refractivity contribution is 6.35. The van der Waals surface area contributed by atoms with Crippen LogP contribution in [-0.2, 0) is 4.74 Å². The maximum atomic E-state index is 13.3. The van der Waals surface area contributed by atoms with Crippen LogP contribution in [-0.4, -0.2) is 18.8 Å². The summed E-state index contributed by atoms with van der Waals surface area (Å²) in [5.74, 6) is -0.0779. The van der Waals surface area contributed by atoms with E-state index >= 15 is 0 Å². The molecule has 19 heavy (non-hydrogen) atoms. The van der Waals surface area contributed by atoms with Crippen LogP contribution >= 0.6 is 23.2 Å². The molecule has 1 N–H and O–H groups in total. The Kier molecular flexibility index (Phi) is 4.93. The summed E-state index contributed by atoms with van der Waals surface area (Å²) in [4.78, 5) is 0. The lowest BCUT2D eigenvalue weighted by Gasteiger charge is -2.33. The second kappa shape index (κ2) is 6.29. The number of benzene rings is 1. The van der Waals surface area contributed by atoms with E-state index in [2.05, 4.69) is 19.2 Å². The van der Waals surface area contributed by atoms with Gasteiger partial charge in [0.05, 0.1) is 16.1 Å². The summed E-state index contributed by atoms with van der Waals surface area (Å²) in [6, 6.07) is 3.45. The van der Waals surface area contributed by atoms with E-state index in [0.717, 1.165) is 25.1 Å². The second-order valence-corrected chi connectivity index (χ2v) is 6.09. The van der Waals surface area contributed by atoms with Crippen LogP contribution in [0.25, 0.3) is 0 Å². The standard InChI is InChI=1S/C14H18Cl2FNO/c1-8(2)13-7-9(3-4-19-13)18-10-5-11(15)14(17)12(16)6-10/h5-6,8-9,13,18H,3-4,7H2,1-2H3. The molecule has 0 aliphatic carbocycles. The van der Waals surface area contributed by atoms with E-state index in [1.807, 2.05) is 0 Å². The van der Waals surface area contributed by atoms with Crippen LogP contribution in [0.1, 0.15) is 26.7 Å². The Balaban J connectivity index is 2.05. The SMILES string of the molecule is CC(C)C1CC(Nc2cc(Cl)c(F)c(Cl)c2)CCO1. The molecular weight excluding hydrogens is 288 g/mol. The minimum atomic E-state index is -0.569. The first-order valence-corrected chi connectivity index (χ1v) is 7.25. The molecule has 0 radical (unpaired) electrons. The van der Waals surface area contributed by atoms with Crippen molar-refractivity contribution in [2.75, 3.05) is 11.9 Å². The van der Waals surface area contributed by atoms with E-state index in [1.54, 1.807) is 12.1 Å². The van der Waals surface area contributed by atoms with Crippen molar-refractivity contribution >= 4 is 28.9 Å². The maximum absolute atomic E-state index is 13.3. The van der Waals surface area contributed by atoms with E-state index < -0.39 is 5.82 Å². The lowest BCUT2D eigenvalue weighted by molar-refractivity contribution is -0.0160. The van der Waals surface area contributed by atoms with Gasteiger partial charge in [-0.2, -0.15) is 0 Å². The van der Waals surface area contributed by atoms with Crippen molar-refractivity contribution in [1.82, 2.24) is 0 Å². The molecule has 2 atom stereocenters. The number of hydrogen-bond acceptors (Lipinski definition) is 2. The molecule has 1 aliphatic heterocycles. The number of nitrogens with one attached hydrogen (secondary N) is 1. The Morgan fingerprint density at radius 1 is 1.32 bits per heavy atom. The van der Waals surface area contributed by atoms with Gasteiger partial charge in [0.25, 0.3) is 0 Å². The molecule has 2 unspecified atom stereocenters. The molecule has 5 heteroatoms. The Labute approximate surface area is 123 Å².